The number of fused-ring (bicyclic) bond motifs is 3. The number of morpholine rings is 1. The number of anilines is 2. The molecule has 0 atom stereocenters. The molecule has 4 N–H and O–H groups in total. The molecule has 2 saturated heterocycles. The maximum atomic E-state index is 13.6. The van der Waals surface area contributed by atoms with Gasteiger partial charge in [0.05, 0.1) is 45.6 Å². The zero-order valence-electron chi connectivity index (χ0n) is 20.8. The van der Waals surface area contributed by atoms with Crippen LogP contribution in [0.2, 0.25) is 0 Å². The number of ether oxygens (including phenoxy) is 1. The number of hydrogen-bond donors (Lipinski definition) is 4. The summed E-state index contributed by atoms with van der Waals surface area (Å²) in [5.74, 6) is -0.222. The number of urea groups is 1. The SMILES string of the molecule is O=C(CCN1CCCC1)Nc1ccc(-c2[nH]nc3c2C(=O)c2c(NC(=O)NN4CCOCC4)cccc2-3)s1. The van der Waals surface area contributed by atoms with Crippen molar-refractivity contribution in [2.45, 2.75) is 19.3 Å². The Kier molecular flexibility index (Phi) is 6.94. The number of amides is 3. The maximum Gasteiger partial charge on any atom is 0.333 e. The molecule has 3 aliphatic rings. The van der Waals surface area contributed by atoms with E-state index in [0.29, 0.717) is 66.5 Å². The van der Waals surface area contributed by atoms with Crippen molar-refractivity contribution >= 4 is 39.7 Å². The second-order valence-corrected chi connectivity index (χ2v) is 10.6. The van der Waals surface area contributed by atoms with Crippen LogP contribution in [0.15, 0.2) is 30.3 Å². The summed E-state index contributed by atoms with van der Waals surface area (Å²) in [4.78, 5) is 41.8. The van der Waals surface area contributed by atoms with E-state index in [1.54, 1.807) is 17.1 Å². The first kappa shape index (κ1) is 24.7. The molecular weight excluding hydrogens is 506 g/mol. The Labute approximate surface area is 223 Å². The molecule has 6 rings (SSSR count). The zero-order valence-corrected chi connectivity index (χ0v) is 21.7. The highest BCUT2D eigenvalue weighted by atomic mass is 32.1. The minimum absolute atomic E-state index is 0.0188. The van der Waals surface area contributed by atoms with E-state index in [1.807, 2.05) is 18.2 Å². The number of hydrogen-bond acceptors (Lipinski definition) is 8. The average molecular weight is 536 g/mol. The van der Waals surface area contributed by atoms with Crippen molar-refractivity contribution in [2.75, 3.05) is 56.6 Å². The highest BCUT2D eigenvalue weighted by Crippen LogP contribution is 2.44. The van der Waals surface area contributed by atoms with Gasteiger partial charge in [0.25, 0.3) is 0 Å². The molecule has 1 aliphatic carbocycles. The molecule has 0 unspecified atom stereocenters. The van der Waals surface area contributed by atoms with Gasteiger partial charge in [-0.3, -0.25) is 20.1 Å². The number of H-pyrrole nitrogens is 1. The molecule has 38 heavy (non-hydrogen) atoms. The standard InChI is InChI=1S/C26H29N7O4S/c34-19(8-11-32-9-1-2-10-32)28-20-7-6-18(38-20)24-22-23(29-30-24)16-4-3-5-17(21(16)25(22)35)27-26(36)31-33-12-14-37-15-13-33/h3-7H,1-2,8-15H2,(H,28,34)(H,29,30)(H2,27,31,36). The minimum atomic E-state index is -0.414. The van der Waals surface area contributed by atoms with Gasteiger partial charge in [-0.1, -0.05) is 12.1 Å². The predicted molar refractivity (Wildman–Crippen MR) is 144 cm³/mol. The van der Waals surface area contributed by atoms with Gasteiger partial charge >= 0.3 is 6.03 Å². The van der Waals surface area contributed by atoms with Crippen LogP contribution >= 0.6 is 11.3 Å². The highest BCUT2D eigenvalue weighted by Gasteiger charge is 2.35. The number of carbonyl (C=O) groups is 3. The molecule has 0 bridgehead atoms. The molecule has 0 saturated carbocycles. The minimum Gasteiger partial charge on any atom is -0.379 e. The summed E-state index contributed by atoms with van der Waals surface area (Å²) < 4.78 is 5.31. The van der Waals surface area contributed by atoms with E-state index in [0.717, 1.165) is 29.5 Å². The second-order valence-electron chi connectivity index (χ2n) is 9.56. The fourth-order valence-corrected chi connectivity index (χ4v) is 6.06. The first-order chi connectivity index (χ1) is 18.6. The Morgan fingerprint density at radius 3 is 2.66 bits per heavy atom. The van der Waals surface area contributed by atoms with Gasteiger partial charge in [-0.2, -0.15) is 5.10 Å². The number of aromatic nitrogens is 2. The number of benzene rings is 1. The molecule has 4 heterocycles. The second kappa shape index (κ2) is 10.7. The molecule has 2 aromatic heterocycles. The van der Waals surface area contributed by atoms with Crippen molar-refractivity contribution < 1.29 is 19.1 Å². The molecule has 1 aromatic carbocycles. The van der Waals surface area contributed by atoms with Gasteiger partial charge in [0, 0.05) is 31.6 Å². The van der Waals surface area contributed by atoms with Crippen molar-refractivity contribution in [1.82, 2.24) is 25.5 Å². The van der Waals surface area contributed by atoms with Crippen LogP contribution in [0, 0.1) is 0 Å². The third kappa shape index (κ3) is 4.95. The van der Waals surface area contributed by atoms with E-state index in [4.69, 9.17) is 4.74 Å². The lowest BCUT2D eigenvalue weighted by molar-refractivity contribution is -0.116. The quantitative estimate of drug-likeness (QED) is 0.286. The van der Waals surface area contributed by atoms with Gasteiger partial charge in [-0.15, -0.1) is 11.3 Å². The third-order valence-corrected chi connectivity index (χ3v) is 8.05. The van der Waals surface area contributed by atoms with E-state index in [1.165, 1.54) is 24.2 Å². The summed E-state index contributed by atoms with van der Waals surface area (Å²) in [6, 6.07) is 8.64. The van der Waals surface area contributed by atoms with Gasteiger partial charge in [0.15, 0.2) is 5.78 Å². The Bertz CT molecular complexity index is 1370. The Morgan fingerprint density at radius 2 is 1.84 bits per heavy atom. The van der Waals surface area contributed by atoms with E-state index in [9.17, 15) is 14.4 Å². The lowest BCUT2D eigenvalue weighted by Gasteiger charge is -2.27. The number of hydrazine groups is 1. The number of nitrogens with one attached hydrogen (secondary N) is 4. The molecule has 0 spiro atoms. The van der Waals surface area contributed by atoms with Crippen LogP contribution in [0.1, 0.15) is 35.2 Å². The Hall–Kier alpha value is -3.58. The summed E-state index contributed by atoms with van der Waals surface area (Å²) in [6.45, 7) is 5.19. The number of carbonyl (C=O) groups excluding carboxylic acids is 3. The van der Waals surface area contributed by atoms with E-state index < -0.39 is 6.03 Å². The van der Waals surface area contributed by atoms with Crippen molar-refractivity contribution in [2.24, 2.45) is 0 Å². The molecule has 198 valence electrons. The Morgan fingerprint density at radius 1 is 1.03 bits per heavy atom. The van der Waals surface area contributed by atoms with Gasteiger partial charge in [-0.25, -0.2) is 9.80 Å². The first-order valence-corrected chi connectivity index (χ1v) is 13.7. The molecule has 12 heteroatoms. The Balaban J connectivity index is 1.15. The average Bonchev–Trinajstić information content (AvgIpc) is 3.71. The third-order valence-electron chi connectivity index (χ3n) is 7.03. The van der Waals surface area contributed by atoms with Crippen LogP contribution in [-0.2, 0) is 9.53 Å². The first-order valence-electron chi connectivity index (χ1n) is 12.9. The van der Waals surface area contributed by atoms with E-state index in [-0.39, 0.29) is 11.7 Å². The van der Waals surface area contributed by atoms with Crippen LogP contribution in [0.25, 0.3) is 21.8 Å². The van der Waals surface area contributed by atoms with Crippen molar-refractivity contribution in [1.29, 1.82) is 0 Å². The molecular formula is C26H29N7O4S. The van der Waals surface area contributed by atoms with Crippen LogP contribution in [0.3, 0.4) is 0 Å². The van der Waals surface area contributed by atoms with E-state index in [2.05, 4.69) is 31.2 Å². The summed E-state index contributed by atoms with van der Waals surface area (Å²) >= 11 is 1.39. The molecule has 0 radical (unpaired) electrons. The number of thiophene rings is 1. The van der Waals surface area contributed by atoms with E-state index >= 15 is 0 Å². The zero-order chi connectivity index (χ0) is 26.1. The van der Waals surface area contributed by atoms with Crippen LogP contribution in [0.4, 0.5) is 15.5 Å². The normalized spacial score (nSPS) is 17.3. The molecule has 2 aliphatic heterocycles. The van der Waals surface area contributed by atoms with Crippen molar-refractivity contribution in [3.05, 3.63) is 41.5 Å². The predicted octanol–water partition coefficient (Wildman–Crippen LogP) is 3.14. The smallest absolute Gasteiger partial charge is 0.333 e. The van der Waals surface area contributed by atoms with Crippen LogP contribution in [0.5, 0.6) is 0 Å². The summed E-state index contributed by atoms with van der Waals surface area (Å²) in [5.41, 5.74) is 5.95. The number of aromatic amines is 1. The van der Waals surface area contributed by atoms with Gasteiger partial charge in [0.2, 0.25) is 5.91 Å². The van der Waals surface area contributed by atoms with Gasteiger partial charge in [0.1, 0.15) is 5.69 Å². The van der Waals surface area contributed by atoms with Crippen LogP contribution < -0.4 is 16.1 Å². The molecule has 3 aromatic rings. The number of ketones is 1. The summed E-state index contributed by atoms with van der Waals surface area (Å²) in [7, 11) is 0. The van der Waals surface area contributed by atoms with Gasteiger partial charge in [-0.05, 0) is 44.1 Å². The number of nitrogens with zero attached hydrogens (tertiary/aromatic N) is 3. The van der Waals surface area contributed by atoms with Crippen LogP contribution in [-0.4, -0.2) is 83.8 Å². The van der Waals surface area contributed by atoms with Gasteiger partial charge < -0.3 is 20.3 Å². The maximum absolute atomic E-state index is 13.6. The fourth-order valence-electron chi connectivity index (χ4n) is 5.13. The summed E-state index contributed by atoms with van der Waals surface area (Å²) in [5, 5.41) is 15.8. The molecule has 2 fully saturated rings. The number of likely N-dealkylation sites (tertiary alicyclic amines) is 1. The fraction of sp³-hybridized carbons (Fsp3) is 0.385. The molecule has 11 nitrogen and oxygen atoms in total. The monoisotopic (exact) mass is 535 g/mol. The summed E-state index contributed by atoms with van der Waals surface area (Å²) in [6.07, 6.45) is 2.85. The lowest BCUT2D eigenvalue weighted by Crippen LogP contribution is -2.49. The van der Waals surface area contributed by atoms with Crippen molar-refractivity contribution in [3.63, 3.8) is 0 Å². The topological polar surface area (TPSA) is 132 Å². The largest absolute Gasteiger partial charge is 0.379 e. The highest BCUT2D eigenvalue weighted by molar-refractivity contribution is 7.19. The molecule has 3 amide bonds. The van der Waals surface area contributed by atoms with Crippen molar-refractivity contribution in [3.8, 4) is 21.8 Å². The lowest BCUT2D eigenvalue weighted by atomic mass is 10.1. The number of rotatable bonds is 7.